The summed E-state index contributed by atoms with van der Waals surface area (Å²) >= 11 is 1.78. The number of aryl methyl sites for hydroxylation is 1. The first kappa shape index (κ1) is 15.0. The molecule has 0 aromatic carbocycles. The van der Waals surface area contributed by atoms with E-state index >= 15 is 0 Å². The van der Waals surface area contributed by atoms with Crippen molar-refractivity contribution in [2.24, 2.45) is 0 Å². The summed E-state index contributed by atoms with van der Waals surface area (Å²) in [4.78, 5) is 17.4. The van der Waals surface area contributed by atoms with E-state index in [1.807, 2.05) is 0 Å². The first-order valence-corrected chi connectivity index (χ1v) is 8.68. The molecular weight excluding hydrogens is 284 g/mol. The SMILES string of the molecule is CCC1NC(c2ccc(C)s2)N(C2CCOC(C)C2)C1=O. The van der Waals surface area contributed by atoms with E-state index in [2.05, 4.69) is 43.1 Å². The van der Waals surface area contributed by atoms with Crippen molar-refractivity contribution in [3.05, 3.63) is 21.9 Å². The quantitative estimate of drug-likeness (QED) is 0.933. The minimum Gasteiger partial charge on any atom is -0.378 e. The lowest BCUT2D eigenvalue weighted by Gasteiger charge is -2.37. The lowest BCUT2D eigenvalue weighted by molar-refractivity contribution is -0.135. The fourth-order valence-electron chi connectivity index (χ4n) is 3.38. The molecule has 0 aliphatic carbocycles. The van der Waals surface area contributed by atoms with E-state index in [0.717, 1.165) is 25.9 Å². The summed E-state index contributed by atoms with van der Waals surface area (Å²) < 4.78 is 5.65. The molecule has 2 aliphatic heterocycles. The molecular formula is C16H24N2O2S. The highest BCUT2D eigenvalue weighted by molar-refractivity contribution is 7.12. The number of thiophene rings is 1. The van der Waals surface area contributed by atoms with Gasteiger partial charge in [-0.05, 0) is 45.2 Å². The third kappa shape index (κ3) is 2.87. The van der Waals surface area contributed by atoms with Crippen molar-refractivity contribution in [3.63, 3.8) is 0 Å². The molecule has 4 nitrogen and oxygen atoms in total. The highest BCUT2D eigenvalue weighted by Crippen LogP contribution is 2.35. The third-order valence-electron chi connectivity index (χ3n) is 4.48. The summed E-state index contributed by atoms with van der Waals surface area (Å²) in [6.07, 6.45) is 2.99. The summed E-state index contributed by atoms with van der Waals surface area (Å²) in [6, 6.07) is 4.53. The Labute approximate surface area is 130 Å². The van der Waals surface area contributed by atoms with Crippen molar-refractivity contribution in [3.8, 4) is 0 Å². The van der Waals surface area contributed by atoms with E-state index < -0.39 is 0 Å². The minimum atomic E-state index is -0.0458. The highest BCUT2D eigenvalue weighted by Gasteiger charge is 2.43. The van der Waals surface area contributed by atoms with Crippen LogP contribution in [0.3, 0.4) is 0 Å². The number of nitrogens with one attached hydrogen (secondary N) is 1. The van der Waals surface area contributed by atoms with Gasteiger partial charge < -0.3 is 9.64 Å². The average molecular weight is 308 g/mol. The molecule has 2 aliphatic rings. The molecule has 0 spiro atoms. The average Bonchev–Trinajstić information content (AvgIpc) is 3.02. The smallest absolute Gasteiger partial charge is 0.241 e. The summed E-state index contributed by atoms with van der Waals surface area (Å²) in [7, 11) is 0. The number of amides is 1. The van der Waals surface area contributed by atoms with Crippen LogP contribution in [0, 0.1) is 6.92 Å². The Morgan fingerprint density at radius 3 is 2.90 bits per heavy atom. The van der Waals surface area contributed by atoms with Crippen LogP contribution in [0.15, 0.2) is 12.1 Å². The molecule has 3 rings (SSSR count). The molecule has 0 saturated carbocycles. The monoisotopic (exact) mass is 308 g/mol. The second kappa shape index (κ2) is 6.07. The Morgan fingerprint density at radius 1 is 1.48 bits per heavy atom. The number of rotatable bonds is 3. The zero-order valence-electron chi connectivity index (χ0n) is 13.0. The van der Waals surface area contributed by atoms with Gasteiger partial charge in [-0.1, -0.05) is 6.92 Å². The normalized spacial score (nSPS) is 33.7. The first-order valence-electron chi connectivity index (χ1n) is 7.86. The Bertz CT molecular complexity index is 516. The van der Waals surface area contributed by atoms with Crippen LogP contribution in [-0.4, -0.2) is 35.6 Å². The number of carbonyl (C=O) groups excluding carboxylic acids is 1. The Morgan fingerprint density at radius 2 is 2.29 bits per heavy atom. The topological polar surface area (TPSA) is 41.6 Å². The molecule has 1 aromatic rings. The molecule has 0 radical (unpaired) electrons. The van der Waals surface area contributed by atoms with Crippen LogP contribution < -0.4 is 5.32 Å². The summed E-state index contributed by atoms with van der Waals surface area (Å²) in [5.41, 5.74) is 0. The minimum absolute atomic E-state index is 0.0384. The predicted octanol–water partition coefficient (Wildman–Crippen LogP) is 2.83. The van der Waals surface area contributed by atoms with Crippen molar-refractivity contribution in [1.29, 1.82) is 0 Å². The van der Waals surface area contributed by atoms with E-state index in [0.29, 0.717) is 0 Å². The molecule has 21 heavy (non-hydrogen) atoms. The lowest BCUT2D eigenvalue weighted by atomic mass is 10.0. The molecule has 4 unspecified atom stereocenters. The van der Waals surface area contributed by atoms with Gasteiger partial charge in [0.15, 0.2) is 0 Å². The van der Waals surface area contributed by atoms with Crippen molar-refractivity contribution in [2.75, 3.05) is 6.61 Å². The maximum absolute atomic E-state index is 12.8. The summed E-state index contributed by atoms with van der Waals surface area (Å²) in [5, 5.41) is 3.53. The van der Waals surface area contributed by atoms with E-state index in [4.69, 9.17) is 4.74 Å². The van der Waals surface area contributed by atoms with E-state index in [9.17, 15) is 4.79 Å². The number of nitrogens with zero attached hydrogens (tertiary/aromatic N) is 1. The van der Waals surface area contributed by atoms with Gasteiger partial charge in [0.25, 0.3) is 0 Å². The first-order chi connectivity index (χ1) is 10.1. The molecule has 1 amide bonds. The number of hydrogen-bond acceptors (Lipinski definition) is 4. The molecule has 5 heteroatoms. The fourth-order valence-corrected chi connectivity index (χ4v) is 4.32. The molecule has 3 heterocycles. The Balaban J connectivity index is 1.87. The van der Waals surface area contributed by atoms with E-state index in [-0.39, 0.29) is 30.3 Å². The standard InChI is InChI=1S/C16H24N2O2S/c1-4-13-16(19)18(12-7-8-20-10(2)9-12)15(17-13)14-6-5-11(3)21-14/h5-6,10,12-13,15,17H,4,7-9H2,1-3H3. The van der Waals surface area contributed by atoms with E-state index in [1.165, 1.54) is 9.75 Å². The van der Waals surface area contributed by atoms with Gasteiger partial charge in [-0.2, -0.15) is 0 Å². The van der Waals surface area contributed by atoms with Crippen LogP contribution in [0.4, 0.5) is 0 Å². The summed E-state index contributed by atoms with van der Waals surface area (Å²) in [5.74, 6) is 0.257. The highest BCUT2D eigenvalue weighted by atomic mass is 32.1. The van der Waals surface area contributed by atoms with Gasteiger partial charge in [-0.15, -0.1) is 11.3 Å². The fraction of sp³-hybridized carbons (Fsp3) is 0.688. The number of ether oxygens (including phenoxy) is 1. The van der Waals surface area contributed by atoms with Crippen LogP contribution in [0.5, 0.6) is 0 Å². The zero-order chi connectivity index (χ0) is 15.0. The predicted molar refractivity (Wildman–Crippen MR) is 84.3 cm³/mol. The lowest BCUT2D eigenvalue weighted by Crippen LogP contribution is -2.44. The van der Waals surface area contributed by atoms with Crippen LogP contribution in [0.25, 0.3) is 0 Å². The van der Waals surface area contributed by atoms with Gasteiger partial charge >= 0.3 is 0 Å². The van der Waals surface area contributed by atoms with E-state index in [1.54, 1.807) is 11.3 Å². The molecule has 2 saturated heterocycles. The molecule has 1 aromatic heterocycles. The van der Waals surface area contributed by atoms with Gasteiger partial charge in [0.05, 0.1) is 12.1 Å². The molecule has 1 N–H and O–H groups in total. The van der Waals surface area contributed by atoms with Crippen LogP contribution in [0.1, 0.15) is 49.0 Å². The number of carbonyl (C=O) groups is 1. The van der Waals surface area contributed by atoms with Crippen molar-refractivity contribution < 1.29 is 9.53 Å². The van der Waals surface area contributed by atoms with Crippen molar-refractivity contribution in [1.82, 2.24) is 10.2 Å². The molecule has 0 bridgehead atoms. The van der Waals surface area contributed by atoms with Crippen molar-refractivity contribution >= 4 is 17.2 Å². The van der Waals surface area contributed by atoms with Gasteiger partial charge in [0.2, 0.25) is 5.91 Å². The Kier molecular flexibility index (Phi) is 4.33. The van der Waals surface area contributed by atoms with Gasteiger partial charge in [-0.25, -0.2) is 0 Å². The largest absolute Gasteiger partial charge is 0.378 e. The van der Waals surface area contributed by atoms with Gasteiger partial charge in [0, 0.05) is 22.4 Å². The zero-order valence-corrected chi connectivity index (χ0v) is 13.8. The van der Waals surface area contributed by atoms with Crippen LogP contribution in [0.2, 0.25) is 0 Å². The van der Waals surface area contributed by atoms with Gasteiger partial charge in [-0.3, -0.25) is 10.1 Å². The second-order valence-corrected chi connectivity index (χ2v) is 7.40. The maximum atomic E-state index is 12.8. The summed E-state index contributed by atoms with van der Waals surface area (Å²) in [6.45, 7) is 7.04. The van der Waals surface area contributed by atoms with Gasteiger partial charge in [0.1, 0.15) is 6.17 Å². The van der Waals surface area contributed by atoms with Crippen LogP contribution >= 0.6 is 11.3 Å². The Hall–Kier alpha value is -0.910. The number of hydrogen-bond donors (Lipinski definition) is 1. The molecule has 4 atom stereocenters. The van der Waals surface area contributed by atoms with Crippen molar-refractivity contribution in [2.45, 2.75) is 64.4 Å². The van der Waals surface area contributed by atoms with Crippen LogP contribution in [-0.2, 0) is 9.53 Å². The second-order valence-electron chi connectivity index (χ2n) is 6.08. The third-order valence-corrected chi connectivity index (χ3v) is 5.53. The maximum Gasteiger partial charge on any atom is 0.241 e. The molecule has 116 valence electrons. The molecule has 2 fully saturated rings.